The van der Waals surface area contributed by atoms with Crippen molar-refractivity contribution in [3.8, 4) is 5.75 Å². The Balaban J connectivity index is 1.50. The number of piperidine rings is 1. The second-order valence-electron chi connectivity index (χ2n) is 6.53. The van der Waals surface area contributed by atoms with Crippen LogP contribution >= 0.6 is 11.8 Å². The van der Waals surface area contributed by atoms with Gasteiger partial charge in [-0.15, -0.1) is 0 Å². The van der Waals surface area contributed by atoms with E-state index < -0.39 is 10.0 Å². The largest absolute Gasteiger partial charge is 0.497 e. The summed E-state index contributed by atoms with van der Waals surface area (Å²) in [7, 11) is -1.93. The molecule has 1 N–H and O–H groups in total. The first kappa shape index (κ1) is 18.0. The third-order valence-electron chi connectivity index (χ3n) is 4.98. The molecule has 2 aliphatic heterocycles. The number of likely N-dealkylation sites (tertiary alicyclic amines) is 1. The van der Waals surface area contributed by atoms with E-state index in [9.17, 15) is 8.42 Å². The van der Waals surface area contributed by atoms with Crippen molar-refractivity contribution in [3.05, 3.63) is 24.3 Å². The molecule has 1 atom stereocenters. The van der Waals surface area contributed by atoms with Gasteiger partial charge in [-0.3, -0.25) is 4.90 Å². The van der Waals surface area contributed by atoms with Crippen LogP contribution in [0.5, 0.6) is 5.75 Å². The van der Waals surface area contributed by atoms with Crippen molar-refractivity contribution in [2.75, 3.05) is 38.2 Å². The van der Waals surface area contributed by atoms with E-state index in [1.807, 2.05) is 11.8 Å². The van der Waals surface area contributed by atoms with Crippen LogP contribution in [-0.4, -0.2) is 57.6 Å². The second-order valence-corrected chi connectivity index (χ2v) is 9.44. The highest BCUT2D eigenvalue weighted by Crippen LogP contribution is 2.27. The zero-order valence-electron chi connectivity index (χ0n) is 14.1. The first-order valence-corrected chi connectivity index (χ1v) is 11.2. The van der Waals surface area contributed by atoms with Crippen molar-refractivity contribution in [2.24, 2.45) is 5.92 Å². The molecule has 2 heterocycles. The molecule has 0 amide bonds. The molecule has 2 fully saturated rings. The Hall–Kier alpha value is -0.760. The average molecular weight is 371 g/mol. The summed E-state index contributed by atoms with van der Waals surface area (Å²) in [4.78, 5) is 2.86. The lowest BCUT2D eigenvalue weighted by atomic mass is 9.96. The summed E-state index contributed by atoms with van der Waals surface area (Å²) < 4.78 is 32.8. The molecular formula is C17H26N2O3S2. The van der Waals surface area contributed by atoms with Crippen molar-refractivity contribution in [3.63, 3.8) is 0 Å². The minimum Gasteiger partial charge on any atom is -0.497 e. The maximum absolute atomic E-state index is 12.4. The summed E-state index contributed by atoms with van der Waals surface area (Å²) in [6.07, 6.45) is 3.45. The van der Waals surface area contributed by atoms with E-state index in [-0.39, 0.29) is 4.90 Å². The molecule has 24 heavy (non-hydrogen) atoms. The van der Waals surface area contributed by atoms with Crippen LogP contribution in [0.15, 0.2) is 29.2 Å². The molecule has 5 nitrogen and oxygen atoms in total. The van der Waals surface area contributed by atoms with Crippen LogP contribution in [0.25, 0.3) is 0 Å². The van der Waals surface area contributed by atoms with Gasteiger partial charge in [0.15, 0.2) is 0 Å². The van der Waals surface area contributed by atoms with Gasteiger partial charge in [-0.05, 0) is 56.2 Å². The van der Waals surface area contributed by atoms with Crippen molar-refractivity contribution >= 4 is 21.8 Å². The number of rotatable bonds is 6. The van der Waals surface area contributed by atoms with Crippen LogP contribution < -0.4 is 9.46 Å². The number of nitrogens with zero attached hydrogens (tertiary/aromatic N) is 1. The summed E-state index contributed by atoms with van der Waals surface area (Å²) in [5.74, 6) is 3.52. The normalized spacial score (nSPS) is 23.5. The number of thioether (sulfide) groups is 1. The first-order chi connectivity index (χ1) is 11.6. The summed E-state index contributed by atoms with van der Waals surface area (Å²) >= 11 is 2.05. The van der Waals surface area contributed by atoms with Crippen LogP contribution in [0.4, 0.5) is 0 Å². The van der Waals surface area contributed by atoms with E-state index in [2.05, 4.69) is 9.62 Å². The number of sulfonamides is 1. The van der Waals surface area contributed by atoms with Gasteiger partial charge in [-0.2, -0.15) is 11.8 Å². The first-order valence-electron chi connectivity index (χ1n) is 8.54. The quantitative estimate of drug-likeness (QED) is 0.832. The third kappa shape index (κ3) is 4.45. The van der Waals surface area contributed by atoms with Crippen LogP contribution in [0.3, 0.4) is 0 Å². The molecular weight excluding hydrogens is 344 g/mol. The molecule has 1 aromatic rings. The summed E-state index contributed by atoms with van der Waals surface area (Å²) in [5.41, 5.74) is 0. The maximum atomic E-state index is 12.4. The van der Waals surface area contributed by atoms with Gasteiger partial charge in [0.1, 0.15) is 5.75 Å². The number of hydrogen-bond acceptors (Lipinski definition) is 5. The minimum atomic E-state index is -3.47. The predicted molar refractivity (Wildman–Crippen MR) is 98.2 cm³/mol. The van der Waals surface area contributed by atoms with Crippen LogP contribution in [0.1, 0.15) is 19.3 Å². The standard InChI is InChI=1S/C17H26N2O3S2/c1-22-16-3-2-4-17(11-16)24(20,21)18-12-14-5-8-19(9-6-14)15-7-10-23-13-15/h2-4,11,14-15,18H,5-10,12-13H2,1H3/t15-/m1/s1. The number of ether oxygens (including phenoxy) is 1. The Kier molecular flexibility index (Phi) is 6.07. The molecule has 3 rings (SSSR count). The van der Waals surface area contributed by atoms with E-state index >= 15 is 0 Å². The van der Waals surface area contributed by atoms with Gasteiger partial charge in [0.2, 0.25) is 10.0 Å². The van der Waals surface area contributed by atoms with Crippen molar-refractivity contribution in [1.29, 1.82) is 0 Å². The van der Waals surface area contributed by atoms with Crippen molar-refractivity contribution < 1.29 is 13.2 Å². The molecule has 0 radical (unpaired) electrons. The summed E-state index contributed by atoms with van der Waals surface area (Å²) in [5, 5.41) is 0. The highest BCUT2D eigenvalue weighted by Gasteiger charge is 2.28. The third-order valence-corrected chi connectivity index (χ3v) is 7.55. The molecule has 0 saturated carbocycles. The molecule has 0 aromatic heterocycles. The summed E-state index contributed by atoms with van der Waals surface area (Å²) in [6.45, 7) is 2.71. The fraction of sp³-hybridized carbons (Fsp3) is 0.647. The Bertz CT molecular complexity index is 637. The van der Waals surface area contributed by atoms with E-state index in [0.29, 0.717) is 18.2 Å². The Morgan fingerprint density at radius 1 is 1.29 bits per heavy atom. The van der Waals surface area contributed by atoms with E-state index in [1.54, 1.807) is 24.3 Å². The SMILES string of the molecule is COc1cccc(S(=O)(=O)NCC2CCN([C@@H]3CCSC3)CC2)c1. The monoisotopic (exact) mass is 370 g/mol. The van der Waals surface area contributed by atoms with Gasteiger partial charge < -0.3 is 4.74 Å². The van der Waals surface area contributed by atoms with E-state index in [4.69, 9.17) is 4.74 Å². The highest BCUT2D eigenvalue weighted by atomic mass is 32.2. The number of benzene rings is 1. The lowest BCUT2D eigenvalue weighted by Gasteiger charge is -2.35. The average Bonchev–Trinajstić information content (AvgIpc) is 3.15. The Labute approximate surface area is 149 Å². The van der Waals surface area contributed by atoms with Gasteiger partial charge in [0.25, 0.3) is 0 Å². The fourth-order valence-corrected chi connectivity index (χ4v) is 5.82. The van der Waals surface area contributed by atoms with Crippen molar-refractivity contribution in [2.45, 2.75) is 30.2 Å². The van der Waals surface area contributed by atoms with Gasteiger partial charge >= 0.3 is 0 Å². The molecule has 1 aromatic carbocycles. The lowest BCUT2D eigenvalue weighted by Crippen LogP contribution is -2.43. The van der Waals surface area contributed by atoms with E-state index in [0.717, 1.165) is 32.0 Å². The summed E-state index contributed by atoms with van der Waals surface area (Å²) in [6, 6.07) is 7.35. The van der Waals surface area contributed by atoms with Gasteiger partial charge in [0, 0.05) is 24.4 Å². The van der Waals surface area contributed by atoms with Gasteiger partial charge in [-0.1, -0.05) is 6.07 Å². The molecule has 0 unspecified atom stereocenters. The highest BCUT2D eigenvalue weighted by molar-refractivity contribution is 7.99. The fourth-order valence-electron chi connectivity index (χ4n) is 3.41. The number of nitrogens with one attached hydrogen (secondary N) is 1. The smallest absolute Gasteiger partial charge is 0.240 e. The molecule has 7 heteroatoms. The van der Waals surface area contributed by atoms with E-state index in [1.165, 1.54) is 25.0 Å². The molecule has 0 spiro atoms. The molecule has 0 aliphatic carbocycles. The van der Waals surface area contributed by atoms with Crippen LogP contribution in [0, 0.1) is 5.92 Å². The molecule has 0 bridgehead atoms. The zero-order valence-corrected chi connectivity index (χ0v) is 15.7. The molecule has 134 valence electrons. The van der Waals surface area contributed by atoms with Crippen LogP contribution in [-0.2, 0) is 10.0 Å². The maximum Gasteiger partial charge on any atom is 0.240 e. The van der Waals surface area contributed by atoms with Crippen molar-refractivity contribution in [1.82, 2.24) is 9.62 Å². The molecule has 2 aliphatic rings. The zero-order chi connectivity index (χ0) is 17.0. The predicted octanol–water partition coefficient (Wildman–Crippen LogP) is 2.19. The van der Waals surface area contributed by atoms with Gasteiger partial charge in [0.05, 0.1) is 12.0 Å². The number of methoxy groups -OCH3 is 1. The second kappa shape index (κ2) is 8.08. The number of hydrogen-bond donors (Lipinski definition) is 1. The molecule has 2 saturated heterocycles. The Morgan fingerprint density at radius 3 is 2.75 bits per heavy atom. The minimum absolute atomic E-state index is 0.266. The van der Waals surface area contributed by atoms with Gasteiger partial charge in [-0.25, -0.2) is 13.1 Å². The lowest BCUT2D eigenvalue weighted by molar-refractivity contribution is 0.145. The van der Waals surface area contributed by atoms with Crippen LogP contribution in [0.2, 0.25) is 0 Å². The topological polar surface area (TPSA) is 58.6 Å². The Morgan fingerprint density at radius 2 is 2.08 bits per heavy atom.